The number of piperazine rings is 1. The summed E-state index contributed by atoms with van der Waals surface area (Å²) < 4.78 is 30.9. The molecule has 1 fully saturated rings. The highest BCUT2D eigenvalue weighted by Gasteiger charge is 2.24. The van der Waals surface area contributed by atoms with E-state index >= 15 is 0 Å². The normalized spacial score (nSPS) is 15.0. The van der Waals surface area contributed by atoms with Gasteiger partial charge in [-0.05, 0) is 30.3 Å². The summed E-state index contributed by atoms with van der Waals surface area (Å²) in [6.45, 7) is 2.30. The van der Waals surface area contributed by atoms with Gasteiger partial charge in [0.15, 0.2) is 0 Å². The predicted octanol–water partition coefficient (Wildman–Crippen LogP) is 3.99. The smallest absolute Gasteiger partial charge is 0.211 e. The topological polar surface area (TPSA) is 104 Å². The molecule has 0 radical (unpaired) electrons. The van der Waals surface area contributed by atoms with Gasteiger partial charge in [-0.15, -0.1) is 0 Å². The summed E-state index contributed by atoms with van der Waals surface area (Å²) in [6.07, 6.45) is 6.08. The second-order valence-electron chi connectivity index (χ2n) is 8.20. The maximum atomic E-state index is 11.7. The van der Waals surface area contributed by atoms with E-state index in [0.29, 0.717) is 47.5 Å². The molecular weight excluding hydrogens is 511 g/mol. The van der Waals surface area contributed by atoms with Crippen molar-refractivity contribution in [1.29, 1.82) is 0 Å². The van der Waals surface area contributed by atoms with Crippen molar-refractivity contribution >= 4 is 49.9 Å². The molecule has 0 unspecified atom stereocenters. The third kappa shape index (κ3) is 5.06. The largest absolute Gasteiger partial charge is 0.489 e. The zero-order chi connectivity index (χ0) is 24.6. The number of fused-ring (bicyclic) bond motifs is 1. The summed E-state index contributed by atoms with van der Waals surface area (Å²) in [5.41, 5.74) is 3.15. The van der Waals surface area contributed by atoms with E-state index in [4.69, 9.17) is 27.9 Å². The third-order valence-corrected chi connectivity index (χ3v) is 7.88. The van der Waals surface area contributed by atoms with Gasteiger partial charge in [-0.25, -0.2) is 13.4 Å². The SMILES string of the molecule is CS(=O)(=O)N1CCN(c2ccc(-c3n[nH]c4ccc(OCc5c(Cl)cncc5Cl)cc34)cn2)CC1. The third-order valence-electron chi connectivity index (χ3n) is 5.92. The Morgan fingerprint density at radius 1 is 1.03 bits per heavy atom. The Morgan fingerprint density at radius 3 is 2.43 bits per heavy atom. The van der Waals surface area contributed by atoms with E-state index in [2.05, 4.69) is 25.1 Å². The number of halogens is 2. The van der Waals surface area contributed by atoms with Crippen molar-refractivity contribution < 1.29 is 13.2 Å². The highest BCUT2D eigenvalue weighted by atomic mass is 35.5. The Bertz CT molecular complexity index is 1450. The number of sulfonamides is 1. The predicted molar refractivity (Wildman–Crippen MR) is 137 cm³/mol. The average Bonchev–Trinajstić information content (AvgIpc) is 3.27. The quantitative estimate of drug-likeness (QED) is 0.400. The number of aromatic amines is 1. The van der Waals surface area contributed by atoms with Gasteiger partial charge in [0, 0.05) is 61.3 Å². The molecule has 12 heteroatoms. The van der Waals surface area contributed by atoms with E-state index < -0.39 is 10.0 Å². The van der Waals surface area contributed by atoms with Crippen LogP contribution in [0.15, 0.2) is 48.9 Å². The first kappa shape index (κ1) is 23.8. The maximum Gasteiger partial charge on any atom is 0.211 e. The molecule has 1 aliphatic heterocycles. The maximum absolute atomic E-state index is 11.7. The second kappa shape index (κ2) is 9.62. The van der Waals surface area contributed by atoms with Crippen LogP contribution in [0.2, 0.25) is 10.0 Å². The molecule has 5 rings (SSSR count). The van der Waals surface area contributed by atoms with Gasteiger partial charge in [-0.1, -0.05) is 23.2 Å². The molecule has 1 saturated heterocycles. The van der Waals surface area contributed by atoms with E-state index in [1.807, 2.05) is 30.3 Å². The number of H-pyrrole nitrogens is 1. The molecule has 0 saturated carbocycles. The van der Waals surface area contributed by atoms with Crippen molar-refractivity contribution in [3.05, 3.63) is 64.5 Å². The van der Waals surface area contributed by atoms with Crippen LogP contribution in [0.3, 0.4) is 0 Å². The highest BCUT2D eigenvalue weighted by Crippen LogP contribution is 2.31. The van der Waals surface area contributed by atoms with E-state index in [9.17, 15) is 8.42 Å². The van der Waals surface area contributed by atoms with Crippen LogP contribution in [0.4, 0.5) is 5.82 Å². The number of rotatable bonds is 6. The van der Waals surface area contributed by atoms with Crippen LogP contribution in [0, 0.1) is 0 Å². The molecule has 35 heavy (non-hydrogen) atoms. The molecule has 0 aliphatic carbocycles. The van der Waals surface area contributed by atoms with Gasteiger partial charge in [0.05, 0.1) is 21.8 Å². The number of hydrogen-bond acceptors (Lipinski definition) is 7. The number of benzene rings is 1. The molecule has 0 amide bonds. The van der Waals surface area contributed by atoms with Crippen LogP contribution in [-0.4, -0.2) is 65.3 Å². The Hall–Kier alpha value is -2.92. The molecule has 4 heterocycles. The minimum atomic E-state index is -3.17. The first-order chi connectivity index (χ1) is 16.8. The molecule has 9 nitrogen and oxygen atoms in total. The summed E-state index contributed by atoms with van der Waals surface area (Å²) >= 11 is 12.4. The lowest BCUT2D eigenvalue weighted by molar-refractivity contribution is 0.306. The zero-order valence-corrected chi connectivity index (χ0v) is 21.1. The van der Waals surface area contributed by atoms with Crippen LogP contribution in [0.1, 0.15) is 5.56 Å². The molecule has 4 aromatic rings. The fourth-order valence-corrected chi connectivity index (χ4v) is 5.30. The van der Waals surface area contributed by atoms with Crippen LogP contribution in [-0.2, 0) is 16.6 Å². The lowest BCUT2D eigenvalue weighted by Crippen LogP contribution is -2.48. The van der Waals surface area contributed by atoms with Gasteiger partial charge >= 0.3 is 0 Å². The average molecular weight is 533 g/mol. The lowest BCUT2D eigenvalue weighted by atomic mass is 10.1. The van der Waals surface area contributed by atoms with E-state index in [0.717, 1.165) is 28.0 Å². The standard InChI is InChI=1S/C23H22Cl2N6O3S/c1-35(32,33)31-8-6-30(7-9-31)22-5-2-15(11-27-22)23-17-10-16(3-4-21(17)28-29-23)34-14-18-19(24)12-26-13-20(18)25/h2-5,10-13H,6-9,14H2,1H3,(H,28,29). The number of ether oxygens (including phenoxy) is 1. The van der Waals surface area contributed by atoms with E-state index in [1.54, 1.807) is 6.20 Å². The minimum Gasteiger partial charge on any atom is -0.489 e. The number of nitrogens with zero attached hydrogens (tertiary/aromatic N) is 5. The summed E-state index contributed by atoms with van der Waals surface area (Å²) in [5, 5.41) is 9.32. The van der Waals surface area contributed by atoms with Crippen LogP contribution >= 0.6 is 23.2 Å². The number of anilines is 1. The van der Waals surface area contributed by atoms with Crippen molar-refractivity contribution in [3.8, 4) is 17.0 Å². The Labute approximate surface area is 212 Å². The number of pyridine rings is 2. The molecule has 0 atom stereocenters. The van der Waals surface area contributed by atoms with Gasteiger partial charge < -0.3 is 9.64 Å². The van der Waals surface area contributed by atoms with Gasteiger partial charge in [0.25, 0.3) is 0 Å². The van der Waals surface area contributed by atoms with Crippen LogP contribution < -0.4 is 9.64 Å². The van der Waals surface area contributed by atoms with Gasteiger partial charge in [0.1, 0.15) is 23.9 Å². The number of aromatic nitrogens is 4. The van der Waals surface area contributed by atoms with Crippen molar-refractivity contribution in [2.45, 2.75) is 6.61 Å². The molecule has 1 aromatic carbocycles. The van der Waals surface area contributed by atoms with E-state index in [-0.39, 0.29) is 6.61 Å². The zero-order valence-electron chi connectivity index (χ0n) is 18.8. The first-order valence-electron chi connectivity index (χ1n) is 10.8. The van der Waals surface area contributed by atoms with Crippen LogP contribution in [0.25, 0.3) is 22.2 Å². The highest BCUT2D eigenvalue weighted by molar-refractivity contribution is 7.88. The Balaban J connectivity index is 1.33. The molecule has 3 aromatic heterocycles. The van der Waals surface area contributed by atoms with Crippen molar-refractivity contribution in [2.24, 2.45) is 0 Å². The Kier molecular flexibility index (Phi) is 6.54. The van der Waals surface area contributed by atoms with Crippen molar-refractivity contribution in [2.75, 3.05) is 37.3 Å². The van der Waals surface area contributed by atoms with Crippen LogP contribution in [0.5, 0.6) is 5.75 Å². The molecule has 0 spiro atoms. The summed E-state index contributed by atoms with van der Waals surface area (Å²) in [7, 11) is -3.17. The summed E-state index contributed by atoms with van der Waals surface area (Å²) in [6, 6.07) is 9.56. The molecule has 0 bridgehead atoms. The molecule has 1 N–H and O–H groups in total. The second-order valence-corrected chi connectivity index (χ2v) is 11.0. The number of nitrogens with one attached hydrogen (secondary N) is 1. The fourth-order valence-electron chi connectivity index (χ4n) is 4.00. The summed E-state index contributed by atoms with van der Waals surface area (Å²) in [5.74, 6) is 1.45. The van der Waals surface area contributed by atoms with Gasteiger partial charge in [0.2, 0.25) is 10.0 Å². The molecular formula is C23H22Cl2N6O3S. The first-order valence-corrected chi connectivity index (χ1v) is 13.5. The van der Waals surface area contributed by atoms with E-state index in [1.165, 1.54) is 23.0 Å². The molecule has 182 valence electrons. The van der Waals surface area contributed by atoms with Crippen molar-refractivity contribution in [3.63, 3.8) is 0 Å². The summed E-state index contributed by atoms with van der Waals surface area (Å²) in [4.78, 5) is 10.6. The minimum absolute atomic E-state index is 0.210. The molecule has 1 aliphatic rings. The monoisotopic (exact) mass is 532 g/mol. The fraction of sp³-hybridized carbons (Fsp3) is 0.261. The van der Waals surface area contributed by atoms with Crippen molar-refractivity contribution in [1.82, 2.24) is 24.5 Å². The number of hydrogen-bond donors (Lipinski definition) is 1. The Morgan fingerprint density at radius 2 is 1.77 bits per heavy atom. The lowest BCUT2D eigenvalue weighted by Gasteiger charge is -2.33. The van der Waals surface area contributed by atoms with Gasteiger partial charge in [-0.3, -0.25) is 10.1 Å². The van der Waals surface area contributed by atoms with Gasteiger partial charge in [-0.2, -0.15) is 9.40 Å².